The molecule has 0 amide bonds. The molecule has 0 bridgehead atoms. The fourth-order valence-electron chi connectivity index (χ4n) is 2.00. The predicted octanol–water partition coefficient (Wildman–Crippen LogP) is 4.29. The highest BCUT2D eigenvalue weighted by Crippen LogP contribution is 2.18. The van der Waals surface area contributed by atoms with Gasteiger partial charge < -0.3 is 10.6 Å². The summed E-state index contributed by atoms with van der Waals surface area (Å²) in [6.07, 6.45) is 7.31. The second kappa shape index (κ2) is 7.31. The molecular weight excluding hydrogens is 264 g/mol. The van der Waals surface area contributed by atoms with E-state index in [1.165, 1.54) is 5.56 Å². The highest BCUT2D eigenvalue weighted by molar-refractivity contribution is 7.80. The molecule has 2 N–H and O–H groups in total. The first-order valence-corrected chi connectivity index (χ1v) is 7.54. The molecule has 0 heterocycles. The summed E-state index contributed by atoms with van der Waals surface area (Å²) < 4.78 is 0. The van der Waals surface area contributed by atoms with Crippen LogP contribution in [0.1, 0.15) is 52.0 Å². The number of terminal acetylenes is 1. The zero-order valence-electron chi connectivity index (χ0n) is 12.8. The van der Waals surface area contributed by atoms with Crippen LogP contribution in [0.5, 0.6) is 0 Å². The minimum atomic E-state index is -0.359. The summed E-state index contributed by atoms with van der Waals surface area (Å²) in [5.41, 5.74) is 1.93. The van der Waals surface area contributed by atoms with Gasteiger partial charge in [-0.1, -0.05) is 45.7 Å². The summed E-state index contributed by atoms with van der Waals surface area (Å²) in [6.45, 7) is 8.49. The molecule has 1 aromatic carbocycles. The molecule has 1 aromatic rings. The van der Waals surface area contributed by atoms with Crippen LogP contribution in [-0.4, -0.2) is 10.7 Å². The Labute approximate surface area is 128 Å². The monoisotopic (exact) mass is 288 g/mol. The van der Waals surface area contributed by atoms with Crippen molar-refractivity contribution in [1.82, 2.24) is 5.32 Å². The average molecular weight is 288 g/mol. The lowest BCUT2D eigenvalue weighted by Crippen LogP contribution is -2.48. The largest absolute Gasteiger partial charge is 0.346 e. The number of nitrogens with one attached hydrogen (secondary N) is 2. The summed E-state index contributed by atoms with van der Waals surface area (Å²) in [5.74, 6) is 3.35. The minimum Gasteiger partial charge on any atom is -0.346 e. The van der Waals surface area contributed by atoms with Gasteiger partial charge in [0, 0.05) is 5.69 Å². The Morgan fingerprint density at radius 1 is 1.25 bits per heavy atom. The van der Waals surface area contributed by atoms with Crippen LogP contribution in [0.3, 0.4) is 0 Å². The first-order chi connectivity index (χ1) is 9.46. The fourth-order valence-corrected chi connectivity index (χ4v) is 2.31. The molecule has 108 valence electrons. The smallest absolute Gasteiger partial charge is 0.171 e. The van der Waals surface area contributed by atoms with Crippen molar-refractivity contribution in [2.45, 2.75) is 52.0 Å². The number of anilines is 1. The quantitative estimate of drug-likeness (QED) is 0.624. The Kier molecular flexibility index (Phi) is 6.04. The molecule has 0 aliphatic carbocycles. The first-order valence-electron chi connectivity index (χ1n) is 7.13. The third-order valence-electron chi connectivity index (χ3n) is 3.67. The standard InChI is InChI=1S/C17H24N2S/c1-6-17(7-2,8-3)19-16(20)18-15-11-9-14(10-12-15)13(4)5/h1,9-13H,7-8H2,2-5H3,(H2,18,19,20). The van der Waals surface area contributed by atoms with E-state index in [4.69, 9.17) is 18.6 Å². The Hall–Kier alpha value is -1.53. The van der Waals surface area contributed by atoms with Gasteiger partial charge in [0.25, 0.3) is 0 Å². The summed E-state index contributed by atoms with van der Waals surface area (Å²) >= 11 is 5.35. The predicted molar refractivity (Wildman–Crippen MR) is 92.0 cm³/mol. The molecule has 0 atom stereocenters. The van der Waals surface area contributed by atoms with Gasteiger partial charge in [-0.15, -0.1) is 6.42 Å². The Bertz CT molecular complexity index is 479. The van der Waals surface area contributed by atoms with E-state index in [0.717, 1.165) is 18.5 Å². The van der Waals surface area contributed by atoms with Crippen molar-refractivity contribution in [2.75, 3.05) is 5.32 Å². The average Bonchev–Trinajstić information content (AvgIpc) is 2.45. The molecule has 0 fully saturated rings. The summed E-state index contributed by atoms with van der Waals surface area (Å²) in [7, 11) is 0. The molecule has 0 spiro atoms. The maximum Gasteiger partial charge on any atom is 0.171 e. The number of benzene rings is 1. The van der Waals surface area contributed by atoms with Crippen LogP contribution in [0.15, 0.2) is 24.3 Å². The molecule has 3 heteroatoms. The van der Waals surface area contributed by atoms with Gasteiger partial charge in [0.1, 0.15) is 0 Å². The summed E-state index contributed by atoms with van der Waals surface area (Å²) in [5, 5.41) is 7.01. The van der Waals surface area contributed by atoms with E-state index in [1.807, 2.05) is 12.1 Å². The second-order valence-electron chi connectivity index (χ2n) is 5.29. The Morgan fingerprint density at radius 2 is 1.80 bits per heavy atom. The van der Waals surface area contributed by atoms with Crippen LogP contribution in [0.25, 0.3) is 0 Å². The number of hydrogen-bond acceptors (Lipinski definition) is 1. The molecule has 1 rings (SSSR count). The molecule has 0 aromatic heterocycles. The molecule has 0 saturated carbocycles. The van der Waals surface area contributed by atoms with Crippen molar-refractivity contribution >= 4 is 23.0 Å². The Balaban J connectivity index is 2.69. The van der Waals surface area contributed by atoms with Gasteiger partial charge in [-0.3, -0.25) is 0 Å². The molecular formula is C17H24N2S. The van der Waals surface area contributed by atoms with Crippen molar-refractivity contribution in [3.8, 4) is 12.3 Å². The van der Waals surface area contributed by atoms with E-state index in [0.29, 0.717) is 11.0 Å². The topological polar surface area (TPSA) is 24.1 Å². The second-order valence-corrected chi connectivity index (χ2v) is 5.70. The van der Waals surface area contributed by atoms with E-state index in [9.17, 15) is 0 Å². The third kappa shape index (κ3) is 4.25. The van der Waals surface area contributed by atoms with Crippen LogP contribution in [0.2, 0.25) is 0 Å². The lowest BCUT2D eigenvalue weighted by atomic mass is 9.94. The number of thiocarbonyl (C=S) groups is 1. The van der Waals surface area contributed by atoms with E-state index in [1.54, 1.807) is 0 Å². The van der Waals surface area contributed by atoms with Gasteiger partial charge in [0.05, 0.1) is 5.54 Å². The molecule has 0 aliphatic heterocycles. The van der Waals surface area contributed by atoms with Gasteiger partial charge in [-0.05, 0) is 48.7 Å². The number of hydrogen-bond donors (Lipinski definition) is 2. The van der Waals surface area contributed by atoms with Crippen molar-refractivity contribution in [2.24, 2.45) is 0 Å². The van der Waals surface area contributed by atoms with Gasteiger partial charge in [0.15, 0.2) is 5.11 Å². The van der Waals surface area contributed by atoms with E-state index >= 15 is 0 Å². The highest BCUT2D eigenvalue weighted by atomic mass is 32.1. The third-order valence-corrected chi connectivity index (χ3v) is 3.88. The maximum atomic E-state index is 5.62. The lowest BCUT2D eigenvalue weighted by Gasteiger charge is -2.28. The first kappa shape index (κ1) is 16.5. The zero-order chi connectivity index (χ0) is 15.2. The SMILES string of the molecule is C#CC(CC)(CC)NC(=S)Nc1ccc(C(C)C)cc1. The van der Waals surface area contributed by atoms with Crippen molar-refractivity contribution < 1.29 is 0 Å². The normalized spacial score (nSPS) is 11.0. The van der Waals surface area contributed by atoms with Crippen LogP contribution in [0.4, 0.5) is 5.69 Å². The minimum absolute atomic E-state index is 0.359. The van der Waals surface area contributed by atoms with Crippen molar-refractivity contribution in [3.05, 3.63) is 29.8 Å². The molecule has 0 saturated heterocycles. The van der Waals surface area contributed by atoms with Gasteiger partial charge in [-0.2, -0.15) is 0 Å². The van der Waals surface area contributed by atoms with Gasteiger partial charge in [0.2, 0.25) is 0 Å². The molecule has 0 unspecified atom stereocenters. The van der Waals surface area contributed by atoms with Crippen LogP contribution < -0.4 is 10.6 Å². The van der Waals surface area contributed by atoms with Crippen molar-refractivity contribution in [3.63, 3.8) is 0 Å². The molecule has 2 nitrogen and oxygen atoms in total. The van der Waals surface area contributed by atoms with Crippen LogP contribution >= 0.6 is 12.2 Å². The Morgan fingerprint density at radius 3 is 2.20 bits per heavy atom. The highest BCUT2D eigenvalue weighted by Gasteiger charge is 2.23. The molecule has 0 radical (unpaired) electrons. The van der Waals surface area contributed by atoms with E-state index < -0.39 is 0 Å². The maximum absolute atomic E-state index is 5.62. The van der Waals surface area contributed by atoms with Crippen molar-refractivity contribution in [1.29, 1.82) is 0 Å². The van der Waals surface area contributed by atoms with Gasteiger partial charge >= 0.3 is 0 Å². The van der Waals surface area contributed by atoms with E-state index in [2.05, 4.69) is 56.4 Å². The fraction of sp³-hybridized carbons (Fsp3) is 0.471. The summed E-state index contributed by atoms with van der Waals surface area (Å²) in [6, 6.07) is 8.31. The molecule has 20 heavy (non-hydrogen) atoms. The summed E-state index contributed by atoms with van der Waals surface area (Å²) in [4.78, 5) is 0. The zero-order valence-corrected chi connectivity index (χ0v) is 13.6. The molecule has 0 aliphatic rings. The van der Waals surface area contributed by atoms with Crippen LogP contribution in [0, 0.1) is 12.3 Å². The number of rotatable bonds is 5. The van der Waals surface area contributed by atoms with Gasteiger partial charge in [-0.25, -0.2) is 0 Å². The van der Waals surface area contributed by atoms with E-state index in [-0.39, 0.29) is 5.54 Å². The van der Waals surface area contributed by atoms with Crippen LogP contribution in [-0.2, 0) is 0 Å². The lowest BCUT2D eigenvalue weighted by molar-refractivity contribution is 0.461.